The second-order valence-electron chi connectivity index (χ2n) is 7.22. The van der Waals surface area contributed by atoms with Crippen molar-refractivity contribution in [2.24, 2.45) is 0 Å². The van der Waals surface area contributed by atoms with Crippen LogP contribution in [0.2, 0.25) is 0 Å². The predicted octanol–water partition coefficient (Wildman–Crippen LogP) is 2.19. The van der Waals surface area contributed by atoms with E-state index in [0.29, 0.717) is 13.0 Å². The van der Waals surface area contributed by atoms with Gasteiger partial charge in [-0.05, 0) is 18.9 Å². The Hall–Kier alpha value is -1.66. The van der Waals surface area contributed by atoms with E-state index < -0.39 is 0 Å². The number of morpholine rings is 1. The van der Waals surface area contributed by atoms with Crippen molar-refractivity contribution in [3.63, 3.8) is 0 Å². The molecule has 1 amide bonds. The van der Waals surface area contributed by atoms with Crippen LogP contribution in [0.3, 0.4) is 0 Å². The largest absolute Gasteiger partial charge is 0.379 e. The highest BCUT2D eigenvalue weighted by molar-refractivity contribution is 5.76. The number of anilines is 1. The summed E-state index contributed by atoms with van der Waals surface area (Å²) >= 11 is 0. The summed E-state index contributed by atoms with van der Waals surface area (Å²) < 4.78 is 5.35. The first-order valence-corrected chi connectivity index (χ1v) is 10.1. The van der Waals surface area contributed by atoms with Crippen molar-refractivity contribution in [3.05, 3.63) is 23.9 Å². The number of hydrogen-bond donors (Lipinski definition) is 1. The fourth-order valence-electron chi connectivity index (χ4n) is 3.68. The predicted molar refractivity (Wildman–Crippen MR) is 103 cm³/mol. The standard InChI is InChI=1S/C20H32N4O2/c25-19(8-12-23-13-15-26-16-14-23)22-17-18-7-6-9-21-20(18)24-10-4-2-1-3-5-11-24/h6-7,9H,1-5,8,10-17H2,(H,22,25). The molecule has 0 spiro atoms. The Morgan fingerprint density at radius 2 is 1.81 bits per heavy atom. The SMILES string of the molecule is O=C(CCN1CCOCC1)NCc1cccnc1N1CCCCCCC1. The maximum absolute atomic E-state index is 12.2. The molecule has 6 nitrogen and oxygen atoms in total. The van der Waals surface area contributed by atoms with Crippen molar-refractivity contribution in [1.29, 1.82) is 0 Å². The summed E-state index contributed by atoms with van der Waals surface area (Å²) in [6, 6.07) is 4.05. The second kappa shape index (κ2) is 10.5. The van der Waals surface area contributed by atoms with Crippen LogP contribution in [-0.2, 0) is 16.1 Å². The number of amides is 1. The number of carbonyl (C=O) groups excluding carboxylic acids is 1. The van der Waals surface area contributed by atoms with Gasteiger partial charge >= 0.3 is 0 Å². The van der Waals surface area contributed by atoms with Gasteiger partial charge in [0.25, 0.3) is 0 Å². The summed E-state index contributed by atoms with van der Waals surface area (Å²) in [5.41, 5.74) is 1.12. The van der Waals surface area contributed by atoms with Crippen molar-refractivity contribution >= 4 is 11.7 Å². The molecule has 2 saturated heterocycles. The monoisotopic (exact) mass is 360 g/mol. The number of nitrogens with one attached hydrogen (secondary N) is 1. The molecular weight excluding hydrogens is 328 g/mol. The van der Waals surface area contributed by atoms with E-state index in [1.807, 2.05) is 12.3 Å². The molecule has 2 fully saturated rings. The van der Waals surface area contributed by atoms with Crippen LogP contribution in [0, 0.1) is 0 Å². The summed E-state index contributed by atoms with van der Waals surface area (Å²) in [7, 11) is 0. The Labute approximate surface area is 156 Å². The minimum Gasteiger partial charge on any atom is -0.379 e. The first-order valence-electron chi connectivity index (χ1n) is 10.1. The number of pyridine rings is 1. The van der Waals surface area contributed by atoms with Crippen LogP contribution in [0.25, 0.3) is 0 Å². The first-order chi connectivity index (χ1) is 12.8. The van der Waals surface area contributed by atoms with Crippen LogP contribution in [0.1, 0.15) is 44.1 Å². The van der Waals surface area contributed by atoms with Gasteiger partial charge in [-0.15, -0.1) is 0 Å². The zero-order valence-electron chi connectivity index (χ0n) is 15.8. The van der Waals surface area contributed by atoms with E-state index in [4.69, 9.17) is 4.74 Å². The average Bonchev–Trinajstić information content (AvgIpc) is 2.66. The van der Waals surface area contributed by atoms with Gasteiger partial charge in [0, 0.05) is 57.4 Å². The summed E-state index contributed by atoms with van der Waals surface area (Å²) in [5, 5.41) is 3.08. The van der Waals surface area contributed by atoms with Gasteiger partial charge < -0.3 is 15.0 Å². The van der Waals surface area contributed by atoms with E-state index in [2.05, 4.69) is 26.2 Å². The van der Waals surface area contributed by atoms with Crippen molar-refractivity contribution in [2.45, 2.75) is 45.1 Å². The van der Waals surface area contributed by atoms with Crippen molar-refractivity contribution < 1.29 is 9.53 Å². The number of carbonyl (C=O) groups is 1. The quantitative estimate of drug-likeness (QED) is 0.843. The maximum Gasteiger partial charge on any atom is 0.221 e. The van der Waals surface area contributed by atoms with Crippen LogP contribution in [0.15, 0.2) is 18.3 Å². The number of hydrogen-bond acceptors (Lipinski definition) is 5. The van der Waals surface area contributed by atoms with Crippen LogP contribution < -0.4 is 10.2 Å². The van der Waals surface area contributed by atoms with Crippen LogP contribution in [-0.4, -0.2) is 61.7 Å². The number of nitrogens with zero attached hydrogens (tertiary/aromatic N) is 3. The minimum absolute atomic E-state index is 0.110. The Kier molecular flexibility index (Phi) is 7.70. The second-order valence-corrected chi connectivity index (χ2v) is 7.22. The van der Waals surface area contributed by atoms with E-state index in [-0.39, 0.29) is 5.91 Å². The van der Waals surface area contributed by atoms with Crippen LogP contribution in [0.4, 0.5) is 5.82 Å². The lowest BCUT2D eigenvalue weighted by Crippen LogP contribution is -2.38. The molecule has 1 aromatic rings. The number of aromatic nitrogens is 1. The molecule has 1 aromatic heterocycles. The van der Waals surface area contributed by atoms with E-state index >= 15 is 0 Å². The van der Waals surface area contributed by atoms with Gasteiger partial charge in [-0.1, -0.05) is 25.3 Å². The Balaban J connectivity index is 1.50. The van der Waals surface area contributed by atoms with Gasteiger partial charge in [0.1, 0.15) is 5.82 Å². The maximum atomic E-state index is 12.2. The Morgan fingerprint density at radius 3 is 2.58 bits per heavy atom. The fourth-order valence-corrected chi connectivity index (χ4v) is 3.68. The molecule has 6 heteroatoms. The zero-order valence-corrected chi connectivity index (χ0v) is 15.8. The zero-order chi connectivity index (χ0) is 18.0. The highest BCUT2D eigenvalue weighted by atomic mass is 16.5. The van der Waals surface area contributed by atoms with E-state index in [1.54, 1.807) is 0 Å². The number of ether oxygens (including phenoxy) is 1. The smallest absolute Gasteiger partial charge is 0.221 e. The third-order valence-corrected chi connectivity index (χ3v) is 5.26. The molecule has 3 heterocycles. The van der Waals surface area contributed by atoms with Gasteiger partial charge in [-0.2, -0.15) is 0 Å². The first kappa shape index (κ1) is 19.1. The molecule has 0 atom stereocenters. The molecule has 1 N–H and O–H groups in total. The van der Waals surface area contributed by atoms with Crippen LogP contribution in [0.5, 0.6) is 0 Å². The lowest BCUT2D eigenvalue weighted by Gasteiger charge is -2.28. The molecule has 0 saturated carbocycles. The molecule has 0 unspecified atom stereocenters. The summed E-state index contributed by atoms with van der Waals surface area (Å²) in [6.07, 6.45) is 8.80. The van der Waals surface area contributed by atoms with E-state index in [1.165, 1.54) is 32.1 Å². The Bertz CT molecular complexity index is 552. The molecule has 0 radical (unpaired) electrons. The Morgan fingerprint density at radius 1 is 1.08 bits per heavy atom. The minimum atomic E-state index is 0.110. The molecule has 2 aliphatic rings. The lowest BCUT2D eigenvalue weighted by molar-refractivity contribution is -0.121. The van der Waals surface area contributed by atoms with E-state index in [9.17, 15) is 4.79 Å². The molecule has 3 rings (SSSR count). The fraction of sp³-hybridized carbons (Fsp3) is 0.700. The van der Waals surface area contributed by atoms with Gasteiger partial charge in [0.2, 0.25) is 5.91 Å². The third kappa shape index (κ3) is 5.95. The van der Waals surface area contributed by atoms with Crippen LogP contribution >= 0.6 is 0 Å². The summed E-state index contributed by atoms with van der Waals surface area (Å²) in [4.78, 5) is 21.6. The number of rotatable bonds is 6. The third-order valence-electron chi connectivity index (χ3n) is 5.26. The summed E-state index contributed by atoms with van der Waals surface area (Å²) in [6.45, 7) is 6.89. The molecule has 0 aliphatic carbocycles. The van der Waals surface area contributed by atoms with Gasteiger partial charge in [0.05, 0.1) is 13.2 Å². The topological polar surface area (TPSA) is 57.7 Å². The van der Waals surface area contributed by atoms with Gasteiger partial charge in [0.15, 0.2) is 0 Å². The molecule has 144 valence electrons. The lowest BCUT2D eigenvalue weighted by atomic mass is 10.1. The summed E-state index contributed by atoms with van der Waals surface area (Å²) in [5.74, 6) is 1.15. The molecule has 0 bridgehead atoms. The van der Waals surface area contributed by atoms with Crippen molar-refractivity contribution in [3.8, 4) is 0 Å². The molecule has 0 aromatic carbocycles. The normalized spacial score (nSPS) is 19.6. The van der Waals surface area contributed by atoms with E-state index in [0.717, 1.165) is 57.3 Å². The highest BCUT2D eigenvalue weighted by Crippen LogP contribution is 2.21. The van der Waals surface area contributed by atoms with Gasteiger partial charge in [-0.25, -0.2) is 4.98 Å². The molecular formula is C20H32N4O2. The molecule has 26 heavy (non-hydrogen) atoms. The average molecular weight is 361 g/mol. The van der Waals surface area contributed by atoms with Crippen molar-refractivity contribution in [1.82, 2.24) is 15.2 Å². The van der Waals surface area contributed by atoms with Crippen molar-refractivity contribution in [2.75, 3.05) is 50.8 Å². The highest BCUT2D eigenvalue weighted by Gasteiger charge is 2.15. The van der Waals surface area contributed by atoms with Gasteiger partial charge in [-0.3, -0.25) is 9.69 Å². The molecule has 2 aliphatic heterocycles.